The molecular formula is C20H19ClFN3O2. The zero-order valence-electron chi connectivity index (χ0n) is 14.6. The molecule has 0 bridgehead atoms. The van der Waals surface area contributed by atoms with E-state index in [4.69, 9.17) is 16.3 Å². The number of hydrogen-bond acceptors (Lipinski definition) is 4. The standard InChI is InChI=1S/C20H19ClFN3O2/c21-16-3-7-18(8-4-16)27-14-20(26)25-11-9-24(10-12-25)19(13-23)15-1-5-17(22)6-2-15/h1-8,19H,9-12,14H2. The van der Waals surface area contributed by atoms with Crippen molar-refractivity contribution in [1.82, 2.24) is 9.80 Å². The average Bonchev–Trinajstić information content (AvgIpc) is 2.70. The first-order valence-electron chi connectivity index (χ1n) is 8.62. The first kappa shape index (κ1) is 19.2. The van der Waals surface area contributed by atoms with Gasteiger partial charge in [-0.2, -0.15) is 5.26 Å². The van der Waals surface area contributed by atoms with Gasteiger partial charge in [-0.05, 0) is 42.0 Å². The highest BCUT2D eigenvalue weighted by Crippen LogP contribution is 2.22. The predicted molar refractivity (Wildman–Crippen MR) is 99.9 cm³/mol. The molecule has 1 aliphatic rings. The third-order valence-electron chi connectivity index (χ3n) is 4.52. The van der Waals surface area contributed by atoms with Crippen LogP contribution in [0.1, 0.15) is 11.6 Å². The minimum absolute atomic E-state index is 0.0404. The summed E-state index contributed by atoms with van der Waals surface area (Å²) in [6, 6.07) is 14.6. The predicted octanol–water partition coefficient (Wildman–Crippen LogP) is 3.27. The maximum atomic E-state index is 13.1. The van der Waals surface area contributed by atoms with Gasteiger partial charge >= 0.3 is 0 Å². The Morgan fingerprint density at radius 1 is 1.11 bits per heavy atom. The summed E-state index contributed by atoms with van der Waals surface area (Å²) >= 11 is 5.82. The zero-order valence-corrected chi connectivity index (χ0v) is 15.4. The van der Waals surface area contributed by atoms with E-state index in [9.17, 15) is 14.4 Å². The fraction of sp³-hybridized carbons (Fsp3) is 0.300. The summed E-state index contributed by atoms with van der Waals surface area (Å²) < 4.78 is 18.6. The van der Waals surface area contributed by atoms with Crippen LogP contribution in [0.2, 0.25) is 5.02 Å². The van der Waals surface area contributed by atoms with Crippen LogP contribution in [-0.2, 0) is 4.79 Å². The van der Waals surface area contributed by atoms with Crippen molar-refractivity contribution in [1.29, 1.82) is 5.26 Å². The van der Waals surface area contributed by atoms with Crippen molar-refractivity contribution in [2.75, 3.05) is 32.8 Å². The molecule has 2 aromatic rings. The lowest BCUT2D eigenvalue weighted by Crippen LogP contribution is -2.50. The minimum Gasteiger partial charge on any atom is -0.484 e. The second kappa shape index (κ2) is 8.85. The summed E-state index contributed by atoms with van der Waals surface area (Å²) in [4.78, 5) is 16.1. The Morgan fingerprint density at radius 3 is 2.33 bits per heavy atom. The third kappa shape index (κ3) is 4.97. The number of piperazine rings is 1. The van der Waals surface area contributed by atoms with Crippen LogP contribution >= 0.6 is 11.6 Å². The van der Waals surface area contributed by atoms with Crippen molar-refractivity contribution in [2.45, 2.75) is 6.04 Å². The van der Waals surface area contributed by atoms with Gasteiger partial charge in [0.05, 0.1) is 6.07 Å². The van der Waals surface area contributed by atoms with Crippen LogP contribution in [0.4, 0.5) is 4.39 Å². The highest BCUT2D eigenvalue weighted by atomic mass is 35.5. The molecule has 0 aliphatic carbocycles. The molecule has 140 valence electrons. The van der Waals surface area contributed by atoms with Gasteiger partial charge in [0, 0.05) is 31.2 Å². The first-order valence-corrected chi connectivity index (χ1v) is 9.00. The summed E-state index contributed by atoms with van der Waals surface area (Å²) in [6.45, 7) is 2.14. The monoisotopic (exact) mass is 387 g/mol. The van der Waals surface area contributed by atoms with Gasteiger partial charge in [0.15, 0.2) is 6.61 Å². The Kier molecular flexibility index (Phi) is 6.28. The summed E-state index contributed by atoms with van der Waals surface area (Å²) in [6.07, 6.45) is 0. The number of nitriles is 1. The molecule has 5 nitrogen and oxygen atoms in total. The molecule has 0 saturated carbocycles. The fourth-order valence-electron chi connectivity index (χ4n) is 3.01. The maximum Gasteiger partial charge on any atom is 0.260 e. The van der Waals surface area contributed by atoms with Crippen LogP contribution in [-0.4, -0.2) is 48.5 Å². The van der Waals surface area contributed by atoms with E-state index in [1.165, 1.54) is 12.1 Å². The van der Waals surface area contributed by atoms with Crippen LogP contribution in [0, 0.1) is 17.1 Å². The van der Waals surface area contributed by atoms with Gasteiger partial charge in [-0.25, -0.2) is 4.39 Å². The summed E-state index contributed by atoms with van der Waals surface area (Å²) in [5.74, 6) is 0.165. The van der Waals surface area contributed by atoms with E-state index < -0.39 is 6.04 Å². The van der Waals surface area contributed by atoms with Gasteiger partial charge in [-0.3, -0.25) is 9.69 Å². The van der Waals surface area contributed by atoms with E-state index in [0.717, 1.165) is 5.56 Å². The van der Waals surface area contributed by atoms with Crippen LogP contribution < -0.4 is 4.74 Å². The summed E-state index contributed by atoms with van der Waals surface area (Å²) in [5, 5.41) is 10.1. The lowest BCUT2D eigenvalue weighted by atomic mass is 10.1. The number of rotatable bonds is 5. The highest BCUT2D eigenvalue weighted by molar-refractivity contribution is 6.30. The second-order valence-corrected chi connectivity index (χ2v) is 6.68. The lowest BCUT2D eigenvalue weighted by molar-refractivity contribution is -0.135. The second-order valence-electron chi connectivity index (χ2n) is 6.24. The molecule has 3 rings (SSSR count). The smallest absolute Gasteiger partial charge is 0.260 e. The van der Waals surface area contributed by atoms with Crippen molar-refractivity contribution in [3.63, 3.8) is 0 Å². The number of carbonyl (C=O) groups is 1. The number of benzene rings is 2. The molecule has 2 aromatic carbocycles. The quantitative estimate of drug-likeness (QED) is 0.790. The van der Waals surface area contributed by atoms with E-state index in [0.29, 0.717) is 37.0 Å². The number of nitrogens with zero attached hydrogens (tertiary/aromatic N) is 3. The van der Waals surface area contributed by atoms with Crippen molar-refractivity contribution in [3.05, 3.63) is 64.9 Å². The topological polar surface area (TPSA) is 56.6 Å². The van der Waals surface area contributed by atoms with Crippen molar-refractivity contribution in [3.8, 4) is 11.8 Å². The van der Waals surface area contributed by atoms with Crippen molar-refractivity contribution < 1.29 is 13.9 Å². The lowest BCUT2D eigenvalue weighted by Gasteiger charge is -2.37. The summed E-state index contributed by atoms with van der Waals surface area (Å²) in [7, 11) is 0. The van der Waals surface area contributed by atoms with Crippen molar-refractivity contribution in [2.24, 2.45) is 0 Å². The molecule has 1 saturated heterocycles. The Labute approximate surface area is 162 Å². The molecule has 0 radical (unpaired) electrons. The Hall–Kier alpha value is -2.62. The number of hydrogen-bond donors (Lipinski definition) is 0. The van der Waals surface area contributed by atoms with Gasteiger partial charge in [0.25, 0.3) is 5.91 Å². The van der Waals surface area contributed by atoms with E-state index >= 15 is 0 Å². The first-order chi connectivity index (χ1) is 13.1. The highest BCUT2D eigenvalue weighted by Gasteiger charge is 2.27. The molecular weight excluding hydrogens is 369 g/mol. The molecule has 7 heteroatoms. The van der Waals surface area contributed by atoms with Gasteiger partial charge in [0.1, 0.15) is 17.6 Å². The van der Waals surface area contributed by atoms with Crippen LogP contribution in [0.15, 0.2) is 48.5 Å². The molecule has 0 spiro atoms. The Balaban J connectivity index is 1.51. The van der Waals surface area contributed by atoms with E-state index in [-0.39, 0.29) is 18.3 Å². The molecule has 1 unspecified atom stereocenters. The van der Waals surface area contributed by atoms with Gasteiger partial charge in [-0.15, -0.1) is 0 Å². The SMILES string of the molecule is N#CC(c1ccc(F)cc1)N1CCN(C(=O)COc2ccc(Cl)cc2)CC1. The van der Waals surface area contributed by atoms with Crippen LogP contribution in [0.3, 0.4) is 0 Å². The normalized spacial score (nSPS) is 15.8. The van der Waals surface area contributed by atoms with E-state index in [1.807, 2.05) is 4.90 Å². The number of carbonyl (C=O) groups excluding carboxylic acids is 1. The number of ether oxygens (including phenoxy) is 1. The molecule has 1 atom stereocenters. The number of amides is 1. The molecule has 0 aromatic heterocycles. The molecule has 1 heterocycles. The molecule has 0 N–H and O–H groups in total. The fourth-order valence-corrected chi connectivity index (χ4v) is 3.13. The Morgan fingerprint density at radius 2 is 1.74 bits per heavy atom. The van der Waals surface area contributed by atoms with Gasteiger partial charge in [0.2, 0.25) is 0 Å². The largest absolute Gasteiger partial charge is 0.484 e. The average molecular weight is 388 g/mol. The van der Waals surface area contributed by atoms with Crippen LogP contribution in [0.5, 0.6) is 5.75 Å². The maximum absolute atomic E-state index is 13.1. The van der Waals surface area contributed by atoms with Gasteiger partial charge in [-0.1, -0.05) is 23.7 Å². The zero-order chi connectivity index (χ0) is 19.2. The molecule has 27 heavy (non-hydrogen) atoms. The number of halogens is 2. The third-order valence-corrected chi connectivity index (χ3v) is 4.77. The minimum atomic E-state index is -0.451. The van der Waals surface area contributed by atoms with E-state index in [1.54, 1.807) is 41.3 Å². The van der Waals surface area contributed by atoms with Crippen molar-refractivity contribution >= 4 is 17.5 Å². The summed E-state index contributed by atoms with van der Waals surface area (Å²) in [5.41, 5.74) is 0.754. The Bertz CT molecular complexity index is 813. The van der Waals surface area contributed by atoms with Crippen LogP contribution in [0.25, 0.3) is 0 Å². The van der Waals surface area contributed by atoms with E-state index in [2.05, 4.69) is 6.07 Å². The molecule has 1 fully saturated rings. The van der Waals surface area contributed by atoms with Gasteiger partial charge < -0.3 is 9.64 Å². The molecule has 1 aliphatic heterocycles. The molecule has 1 amide bonds.